The second-order valence-corrected chi connectivity index (χ2v) is 5.92. The molecule has 0 aliphatic carbocycles. The minimum Gasteiger partial charge on any atom is -0.440 e. The van der Waals surface area contributed by atoms with Gasteiger partial charge in [-0.25, -0.2) is 9.69 Å². The molecule has 0 N–H and O–H groups in total. The molecule has 5 nitrogen and oxygen atoms in total. The Morgan fingerprint density at radius 1 is 0.958 bits per heavy atom. The topological polar surface area (TPSA) is 63.7 Å². The average Bonchev–Trinajstić information content (AvgIpc) is 2.76. The van der Waals surface area contributed by atoms with E-state index in [2.05, 4.69) is 0 Å². The van der Waals surface area contributed by atoms with Crippen molar-refractivity contribution in [1.82, 2.24) is 4.90 Å². The molecule has 2 amide bonds. The van der Waals surface area contributed by atoms with Gasteiger partial charge in [0, 0.05) is 0 Å². The predicted molar refractivity (Wildman–Crippen MR) is 87.9 cm³/mol. The Hall–Kier alpha value is -2.95. The van der Waals surface area contributed by atoms with Crippen molar-refractivity contribution in [3.05, 3.63) is 69.8 Å². The number of imide groups is 1. The van der Waals surface area contributed by atoms with Crippen LogP contribution in [0.1, 0.15) is 47.8 Å². The number of amides is 2. The van der Waals surface area contributed by atoms with Gasteiger partial charge in [0.15, 0.2) is 6.73 Å². The van der Waals surface area contributed by atoms with Crippen LogP contribution in [0.25, 0.3) is 0 Å². The first kappa shape index (κ1) is 15.9. The molecule has 2 aromatic rings. The summed E-state index contributed by atoms with van der Waals surface area (Å²) in [6, 6.07) is 10.4. The minimum absolute atomic E-state index is 0.334. The maximum atomic E-state index is 12.4. The lowest BCUT2D eigenvalue weighted by Crippen LogP contribution is -2.33. The zero-order chi connectivity index (χ0) is 17.4. The first-order valence-corrected chi connectivity index (χ1v) is 7.60. The summed E-state index contributed by atoms with van der Waals surface area (Å²) in [6.45, 7) is 5.23. The van der Waals surface area contributed by atoms with Crippen molar-refractivity contribution in [2.45, 2.75) is 20.8 Å². The van der Waals surface area contributed by atoms with Gasteiger partial charge in [0.1, 0.15) is 0 Å². The summed E-state index contributed by atoms with van der Waals surface area (Å²) in [7, 11) is 0. The van der Waals surface area contributed by atoms with Crippen LogP contribution < -0.4 is 0 Å². The molecular formula is C19H17NO4. The van der Waals surface area contributed by atoms with Crippen molar-refractivity contribution in [3.8, 4) is 0 Å². The quantitative estimate of drug-likeness (QED) is 0.643. The van der Waals surface area contributed by atoms with Crippen LogP contribution in [0.4, 0.5) is 0 Å². The molecule has 0 spiro atoms. The van der Waals surface area contributed by atoms with Gasteiger partial charge in [0.05, 0.1) is 16.7 Å². The van der Waals surface area contributed by atoms with E-state index >= 15 is 0 Å². The van der Waals surface area contributed by atoms with Crippen molar-refractivity contribution in [1.29, 1.82) is 0 Å². The van der Waals surface area contributed by atoms with Crippen LogP contribution in [0, 0.1) is 20.8 Å². The molecule has 0 fully saturated rings. The number of fused-ring (bicyclic) bond motifs is 1. The van der Waals surface area contributed by atoms with Gasteiger partial charge in [-0.05, 0) is 44.0 Å². The van der Waals surface area contributed by atoms with Crippen molar-refractivity contribution in [2.75, 3.05) is 6.73 Å². The van der Waals surface area contributed by atoms with Gasteiger partial charge in [0.25, 0.3) is 11.8 Å². The highest BCUT2D eigenvalue weighted by atomic mass is 16.5. The third kappa shape index (κ3) is 2.58. The van der Waals surface area contributed by atoms with E-state index in [9.17, 15) is 14.4 Å². The van der Waals surface area contributed by atoms with E-state index in [0.29, 0.717) is 16.7 Å². The Kier molecular flexibility index (Phi) is 3.93. The van der Waals surface area contributed by atoms with Crippen molar-refractivity contribution in [3.63, 3.8) is 0 Å². The molecular weight excluding hydrogens is 306 g/mol. The Morgan fingerprint density at radius 2 is 1.46 bits per heavy atom. The first-order chi connectivity index (χ1) is 11.4. The number of esters is 1. The first-order valence-electron chi connectivity index (χ1n) is 7.60. The number of nitrogens with zero attached hydrogens (tertiary/aromatic N) is 1. The van der Waals surface area contributed by atoms with Crippen molar-refractivity contribution >= 4 is 17.8 Å². The lowest BCUT2D eigenvalue weighted by Gasteiger charge is -2.16. The van der Waals surface area contributed by atoms with E-state index in [0.717, 1.165) is 21.6 Å². The highest BCUT2D eigenvalue weighted by Crippen LogP contribution is 2.23. The highest BCUT2D eigenvalue weighted by Gasteiger charge is 2.35. The Balaban J connectivity index is 1.77. The fourth-order valence-corrected chi connectivity index (χ4v) is 3.05. The summed E-state index contributed by atoms with van der Waals surface area (Å²) < 4.78 is 5.23. The van der Waals surface area contributed by atoms with Gasteiger partial charge in [-0.15, -0.1) is 0 Å². The van der Waals surface area contributed by atoms with Crippen molar-refractivity contribution < 1.29 is 19.1 Å². The molecule has 24 heavy (non-hydrogen) atoms. The highest BCUT2D eigenvalue weighted by molar-refractivity contribution is 6.21. The van der Waals surface area contributed by atoms with Gasteiger partial charge in [-0.3, -0.25) is 9.59 Å². The summed E-state index contributed by atoms with van der Waals surface area (Å²) in [5.41, 5.74) is 3.81. The zero-order valence-corrected chi connectivity index (χ0v) is 13.8. The second-order valence-electron chi connectivity index (χ2n) is 5.92. The van der Waals surface area contributed by atoms with Crippen LogP contribution in [0.3, 0.4) is 0 Å². The van der Waals surface area contributed by atoms with Crippen LogP contribution in [0.5, 0.6) is 0 Å². The third-order valence-corrected chi connectivity index (χ3v) is 4.08. The largest absolute Gasteiger partial charge is 0.440 e. The molecule has 3 rings (SSSR count). The van der Waals surface area contributed by atoms with Crippen LogP contribution in [0.15, 0.2) is 36.4 Å². The number of ether oxygens (including phenoxy) is 1. The van der Waals surface area contributed by atoms with E-state index in [1.807, 2.05) is 32.9 Å². The molecule has 0 unspecified atom stereocenters. The van der Waals surface area contributed by atoms with Crippen LogP contribution >= 0.6 is 0 Å². The number of carbonyl (C=O) groups is 3. The molecule has 1 heterocycles. The van der Waals surface area contributed by atoms with Crippen molar-refractivity contribution in [2.24, 2.45) is 0 Å². The number of carbonyl (C=O) groups excluding carboxylic acids is 3. The van der Waals surface area contributed by atoms with Gasteiger partial charge >= 0.3 is 5.97 Å². The fraction of sp³-hybridized carbons (Fsp3) is 0.211. The monoisotopic (exact) mass is 323 g/mol. The Bertz CT molecular complexity index is 811. The molecule has 5 heteroatoms. The standard InChI is InChI=1S/C19H17NO4/c1-11-8-12(2)16(13(3)9-11)19(23)24-10-20-17(21)14-6-4-5-7-15(14)18(20)22/h4-9H,10H2,1-3H3. The normalized spacial score (nSPS) is 13.2. The van der Waals surface area contributed by atoms with E-state index < -0.39 is 24.5 Å². The van der Waals surface area contributed by atoms with Gasteiger partial charge in [-0.2, -0.15) is 0 Å². The summed E-state index contributed by atoms with van der Waals surface area (Å²) in [4.78, 5) is 37.8. The van der Waals surface area contributed by atoms with Gasteiger partial charge in [0.2, 0.25) is 0 Å². The summed E-state index contributed by atoms with van der Waals surface area (Å²) in [5.74, 6) is -1.43. The summed E-state index contributed by atoms with van der Waals surface area (Å²) >= 11 is 0. The lowest BCUT2D eigenvalue weighted by atomic mass is 10.0. The van der Waals surface area contributed by atoms with Crippen LogP contribution in [0.2, 0.25) is 0 Å². The van der Waals surface area contributed by atoms with Crippen LogP contribution in [-0.4, -0.2) is 29.4 Å². The summed E-state index contributed by atoms with van der Waals surface area (Å²) in [5, 5.41) is 0. The maximum absolute atomic E-state index is 12.4. The summed E-state index contributed by atoms with van der Waals surface area (Å²) in [6.07, 6.45) is 0. The fourth-order valence-electron chi connectivity index (χ4n) is 3.05. The number of hydrogen-bond donors (Lipinski definition) is 0. The third-order valence-electron chi connectivity index (χ3n) is 4.08. The lowest BCUT2D eigenvalue weighted by molar-refractivity contribution is 0.0227. The number of benzene rings is 2. The van der Waals surface area contributed by atoms with E-state index in [1.54, 1.807) is 24.3 Å². The van der Waals surface area contributed by atoms with Crippen LogP contribution in [-0.2, 0) is 4.74 Å². The van der Waals surface area contributed by atoms with Gasteiger partial charge < -0.3 is 4.74 Å². The number of aryl methyl sites for hydroxylation is 3. The molecule has 1 aliphatic rings. The Morgan fingerprint density at radius 3 is 1.96 bits per heavy atom. The molecule has 1 aliphatic heterocycles. The van der Waals surface area contributed by atoms with E-state index in [4.69, 9.17) is 4.74 Å². The second kappa shape index (κ2) is 5.92. The SMILES string of the molecule is Cc1cc(C)c(C(=O)OCN2C(=O)c3ccccc3C2=O)c(C)c1. The molecule has 0 bridgehead atoms. The molecule has 0 saturated carbocycles. The molecule has 2 aromatic carbocycles. The van der Waals surface area contributed by atoms with Gasteiger partial charge in [-0.1, -0.05) is 29.8 Å². The minimum atomic E-state index is -0.540. The zero-order valence-electron chi connectivity index (χ0n) is 13.8. The predicted octanol–water partition coefficient (Wildman–Crippen LogP) is 3.02. The Labute approximate surface area is 139 Å². The maximum Gasteiger partial charge on any atom is 0.340 e. The molecule has 0 aromatic heterocycles. The molecule has 0 saturated heterocycles. The molecule has 0 atom stereocenters. The smallest absolute Gasteiger partial charge is 0.340 e. The molecule has 0 radical (unpaired) electrons. The van der Waals surface area contributed by atoms with E-state index in [-0.39, 0.29) is 0 Å². The molecule has 122 valence electrons. The number of rotatable bonds is 3. The number of hydrogen-bond acceptors (Lipinski definition) is 4. The van der Waals surface area contributed by atoms with E-state index in [1.165, 1.54) is 0 Å². The average molecular weight is 323 g/mol.